The fourth-order valence-electron chi connectivity index (χ4n) is 3.55. The van der Waals surface area contributed by atoms with Crippen LogP contribution in [-0.4, -0.2) is 40.9 Å². The summed E-state index contributed by atoms with van der Waals surface area (Å²) >= 11 is 3.48. The number of carbonyl (C=O) groups excluding carboxylic acids is 1. The second kappa shape index (κ2) is 5.36. The van der Waals surface area contributed by atoms with Crippen molar-refractivity contribution in [2.24, 2.45) is 11.3 Å². The number of carbonyl (C=O) groups is 1. The standard InChI is InChI=1S/C15H26BrNO2/c1-14(2)7-5-6-12(14)13(18)17-9-11(8-16)19-15(3,4)10-17/h11-12H,5-10H2,1-4H3. The van der Waals surface area contributed by atoms with Gasteiger partial charge in [-0.05, 0) is 32.1 Å². The number of hydrogen-bond acceptors (Lipinski definition) is 2. The molecular formula is C15H26BrNO2. The Balaban J connectivity index is 2.10. The van der Waals surface area contributed by atoms with E-state index in [1.165, 1.54) is 12.8 Å². The summed E-state index contributed by atoms with van der Waals surface area (Å²) in [5, 5.41) is 0.786. The number of nitrogens with zero attached hydrogens (tertiary/aromatic N) is 1. The zero-order valence-corrected chi connectivity index (χ0v) is 14.1. The monoisotopic (exact) mass is 331 g/mol. The largest absolute Gasteiger partial charge is 0.368 e. The topological polar surface area (TPSA) is 29.5 Å². The lowest BCUT2D eigenvalue weighted by Crippen LogP contribution is -2.57. The Morgan fingerprint density at radius 1 is 1.37 bits per heavy atom. The van der Waals surface area contributed by atoms with Crippen molar-refractivity contribution >= 4 is 21.8 Å². The van der Waals surface area contributed by atoms with Crippen molar-refractivity contribution in [2.45, 2.75) is 58.7 Å². The van der Waals surface area contributed by atoms with E-state index in [0.717, 1.165) is 18.3 Å². The Morgan fingerprint density at radius 3 is 2.58 bits per heavy atom. The first kappa shape index (κ1) is 15.3. The van der Waals surface area contributed by atoms with Gasteiger partial charge in [-0.3, -0.25) is 4.79 Å². The van der Waals surface area contributed by atoms with Gasteiger partial charge in [0.15, 0.2) is 0 Å². The van der Waals surface area contributed by atoms with Crippen LogP contribution < -0.4 is 0 Å². The summed E-state index contributed by atoms with van der Waals surface area (Å²) in [5.41, 5.74) is -0.0848. The van der Waals surface area contributed by atoms with Crippen molar-refractivity contribution in [3.8, 4) is 0 Å². The molecule has 0 spiro atoms. The summed E-state index contributed by atoms with van der Waals surface area (Å²) in [4.78, 5) is 14.9. The third-order valence-corrected chi connectivity index (χ3v) is 5.24. The quantitative estimate of drug-likeness (QED) is 0.727. The van der Waals surface area contributed by atoms with Crippen molar-refractivity contribution in [3.63, 3.8) is 0 Å². The molecule has 1 saturated heterocycles. The second-order valence-electron chi connectivity index (χ2n) is 7.31. The minimum atomic E-state index is -0.241. The van der Waals surface area contributed by atoms with Crippen molar-refractivity contribution in [1.29, 1.82) is 0 Å². The summed E-state index contributed by atoms with van der Waals surface area (Å²) < 4.78 is 5.98. The molecule has 0 N–H and O–H groups in total. The fourth-order valence-corrected chi connectivity index (χ4v) is 3.89. The summed E-state index contributed by atoms with van der Waals surface area (Å²) in [6.45, 7) is 10.0. The third kappa shape index (κ3) is 3.33. The van der Waals surface area contributed by atoms with E-state index in [0.29, 0.717) is 12.5 Å². The molecule has 1 saturated carbocycles. The first-order chi connectivity index (χ1) is 8.75. The van der Waals surface area contributed by atoms with Crippen LogP contribution in [0.4, 0.5) is 0 Å². The lowest BCUT2D eigenvalue weighted by molar-refractivity contribution is -0.163. The molecule has 110 valence electrons. The predicted octanol–water partition coefficient (Wildman–Crippen LogP) is 3.21. The van der Waals surface area contributed by atoms with Crippen LogP contribution in [0.5, 0.6) is 0 Å². The second-order valence-corrected chi connectivity index (χ2v) is 7.95. The molecule has 19 heavy (non-hydrogen) atoms. The summed E-state index contributed by atoms with van der Waals surface area (Å²) in [6, 6.07) is 0. The SMILES string of the molecule is CC1(C)CN(C(=O)C2CCCC2(C)C)CC(CBr)O1. The minimum absolute atomic E-state index is 0.109. The Morgan fingerprint density at radius 2 is 2.05 bits per heavy atom. The number of alkyl halides is 1. The highest BCUT2D eigenvalue weighted by atomic mass is 79.9. The van der Waals surface area contributed by atoms with Gasteiger partial charge in [-0.25, -0.2) is 0 Å². The van der Waals surface area contributed by atoms with Gasteiger partial charge in [-0.1, -0.05) is 36.2 Å². The van der Waals surface area contributed by atoms with Crippen molar-refractivity contribution in [3.05, 3.63) is 0 Å². The maximum atomic E-state index is 12.8. The van der Waals surface area contributed by atoms with E-state index in [-0.39, 0.29) is 23.0 Å². The van der Waals surface area contributed by atoms with Crippen LogP contribution in [0, 0.1) is 11.3 Å². The van der Waals surface area contributed by atoms with E-state index in [1.54, 1.807) is 0 Å². The molecule has 1 amide bonds. The molecule has 2 rings (SSSR count). The molecule has 4 heteroatoms. The summed E-state index contributed by atoms with van der Waals surface area (Å²) in [7, 11) is 0. The number of amides is 1. The molecule has 0 bridgehead atoms. The average Bonchev–Trinajstić information content (AvgIpc) is 2.65. The molecule has 2 unspecified atom stereocenters. The molecule has 0 aromatic rings. The van der Waals surface area contributed by atoms with Gasteiger partial charge in [0.05, 0.1) is 11.7 Å². The van der Waals surface area contributed by atoms with E-state index < -0.39 is 0 Å². The zero-order chi connectivity index (χ0) is 14.3. The van der Waals surface area contributed by atoms with E-state index in [2.05, 4.69) is 43.6 Å². The predicted molar refractivity (Wildman–Crippen MR) is 80.4 cm³/mol. The maximum Gasteiger partial charge on any atom is 0.226 e. The normalized spacial score (nSPS) is 33.4. The maximum absolute atomic E-state index is 12.8. The molecule has 0 aromatic carbocycles. The Kier molecular flexibility index (Phi) is 4.32. The van der Waals surface area contributed by atoms with Crippen molar-refractivity contribution in [1.82, 2.24) is 4.90 Å². The highest BCUT2D eigenvalue weighted by Crippen LogP contribution is 2.44. The van der Waals surface area contributed by atoms with E-state index in [9.17, 15) is 4.79 Å². The first-order valence-corrected chi connectivity index (χ1v) is 8.40. The number of hydrogen-bond donors (Lipinski definition) is 0. The molecule has 1 aliphatic heterocycles. The van der Waals surface area contributed by atoms with E-state index >= 15 is 0 Å². The third-order valence-electron chi connectivity index (χ3n) is 4.52. The number of halogens is 1. The lowest BCUT2D eigenvalue weighted by atomic mass is 9.81. The van der Waals surface area contributed by atoms with Gasteiger partial charge < -0.3 is 9.64 Å². The molecule has 0 aromatic heterocycles. The van der Waals surface area contributed by atoms with Crippen LogP contribution >= 0.6 is 15.9 Å². The average molecular weight is 332 g/mol. The van der Waals surface area contributed by atoms with Gasteiger partial charge in [-0.15, -0.1) is 0 Å². The fraction of sp³-hybridized carbons (Fsp3) is 0.933. The van der Waals surface area contributed by atoms with Gasteiger partial charge in [0.2, 0.25) is 5.91 Å². The lowest BCUT2D eigenvalue weighted by Gasteiger charge is -2.44. The van der Waals surface area contributed by atoms with E-state index in [4.69, 9.17) is 4.74 Å². The summed E-state index contributed by atoms with van der Waals surface area (Å²) in [6.07, 6.45) is 3.50. The van der Waals surface area contributed by atoms with Crippen LogP contribution in [0.15, 0.2) is 0 Å². The molecule has 1 heterocycles. The highest BCUT2D eigenvalue weighted by molar-refractivity contribution is 9.09. The summed E-state index contributed by atoms with van der Waals surface area (Å²) in [5.74, 6) is 0.530. The van der Waals surface area contributed by atoms with Gasteiger partial charge in [0, 0.05) is 24.3 Å². The van der Waals surface area contributed by atoms with Gasteiger partial charge in [-0.2, -0.15) is 0 Å². The smallest absolute Gasteiger partial charge is 0.226 e. The van der Waals surface area contributed by atoms with E-state index in [1.807, 2.05) is 4.90 Å². The van der Waals surface area contributed by atoms with Crippen molar-refractivity contribution in [2.75, 3.05) is 18.4 Å². The molecule has 2 atom stereocenters. The van der Waals surface area contributed by atoms with Crippen LogP contribution in [0.2, 0.25) is 0 Å². The minimum Gasteiger partial charge on any atom is -0.368 e. The first-order valence-electron chi connectivity index (χ1n) is 7.28. The molecule has 0 radical (unpaired) electrons. The molecule has 3 nitrogen and oxygen atoms in total. The Hall–Kier alpha value is -0.0900. The van der Waals surface area contributed by atoms with Gasteiger partial charge in [0.25, 0.3) is 0 Å². The molecule has 2 aliphatic rings. The Labute approximate surface area is 125 Å². The number of ether oxygens (including phenoxy) is 1. The molecule has 1 aliphatic carbocycles. The highest BCUT2D eigenvalue weighted by Gasteiger charge is 2.44. The number of rotatable bonds is 2. The zero-order valence-electron chi connectivity index (χ0n) is 12.5. The van der Waals surface area contributed by atoms with Gasteiger partial charge >= 0.3 is 0 Å². The van der Waals surface area contributed by atoms with Crippen LogP contribution in [0.1, 0.15) is 47.0 Å². The number of morpholine rings is 1. The molecular weight excluding hydrogens is 306 g/mol. The van der Waals surface area contributed by atoms with Crippen LogP contribution in [-0.2, 0) is 9.53 Å². The molecule has 2 fully saturated rings. The van der Waals surface area contributed by atoms with Crippen molar-refractivity contribution < 1.29 is 9.53 Å². The van der Waals surface area contributed by atoms with Gasteiger partial charge in [0.1, 0.15) is 0 Å². The Bertz CT molecular complexity index is 354. The van der Waals surface area contributed by atoms with Crippen LogP contribution in [0.3, 0.4) is 0 Å². The van der Waals surface area contributed by atoms with Crippen LogP contribution in [0.25, 0.3) is 0 Å².